The molecule has 0 spiro atoms. The fourth-order valence-electron chi connectivity index (χ4n) is 1.15. The Morgan fingerprint density at radius 3 is 2.67 bits per heavy atom. The molecule has 0 aliphatic carbocycles. The molecule has 1 atom stereocenters. The average molecular weight is 213 g/mol. The van der Waals surface area contributed by atoms with Crippen molar-refractivity contribution < 1.29 is 13.9 Å². The van der Waals surface area contributed by atoms with Crippen LogP contribution in [-0.2, 0) is 4.74 Å². The van der Waals surface area contributed by atoms with E-state index in [1.165, 1.54) is 6.07 Å². The third-order valence-electron chi connectivity index (χ3n) is 2.03. The predicted octanol–water partition coefficient (Wildman–Crippen LogP) is 1.87. The van der Waals surface area contributed by atoms with Crippen LogP contribution in [0.2, 0.25) is 0 Å². The molecule has 0 heterocycles. The molecule has 1 rings (SSSR count). The highest BCUT2D eigenvalue weighted by atomic mass is 19.1. The molecule has 0 radical (unpaired) electrons. The average Bonchev–Trinajstić information content (AvgIpc) is 2.20. The maximum Gasteiger partial charge on any atom is 0.165 e. The molecule has 1 aromatic rings. The highest BCUT2D eigenvalue weighted by Gasteiger charge is 2.06. The normalized spacial score (nSPS) is 12.5. The van der Waals surface area contributed by atoms with Crippen molar-refractivity contribution in [1.29, 1.82) is 0 Å². The number of nitrogens with two attached hydrogens (primary N) is 1. The second-order valence-corrected chi connectivity index (χ2v) is 3.32. The van der Waals surface area contributed by atoms with E-state index in [-0.39, 0.29) is 17.6 Å². The van der Waals surface area contributed by atoms with Gasteiger partial charge in [0.25, 0.3) is 0 Å². The molecule has 0 unspecified atom stereocenters. The van der Waals surface area contributed by atoms with Crippen LogP contribution in [0.5, 0.6) is 5.75 Å². The van der Waals surface area contributed by atoms with Gasteiger partial charge in [-0.05, 0) is 24.6 Å². The number of hydrogen-bond acceptors (Lipinski definition) is 3. The first-order valence-electron chi connectivity index (χ1n) is 4.82. The van der Waals surface area contributed by atoms with E-state index in [4.69, 9.17) is 15.2 Å². The number of methoxy groups -OCH3 is 1. The van der Waals surface area contributed by atoms with Gasteiger partial charge in [-0.3, -0.25) is 0 Å². The van der Waals surface area contributed by atoms with E-state index in [1.54, 1.807) is 26.2 Å². The molecule has 0 amide bonds. The van der Waals surface area contributed by atoms with Crippen molar-refractivity contribution in [2.45, 2.75) is 13.0 Å². The molecule has 0 aromatic heterocycles. The summed E-state index contributed by atoms with van der Waals surface area (Å²) in [5.74, 6) is -0.155. The van der Waals surface area contributed by atoms with Crippen LogP contribution in [0.3, 0.4) is 0 Å². The molecule has 0 fully saturated rings. The summed E-state index contributed by atoms with van der Waals surface area (Å²) >= 11 is 0. The Morgan fingerprint density at radius 2 is 2.13 bits per heavy atom. The summed E-state index contributed by atoms with van der Waals surface area (Å²) in [7, 11) is 1.57. The van der Waals surface area contributed by atoms with Crippen LogP contribution in [0.15, 0.2) is 18.2 Å². The minimum absolute atomic E-state index is 0.174. The maximum atomic E-state index is 13.4. The molecule has 15 heavy (non-hydrogen) atoms. The fraction of sp³-hybridized carbons (Fsp3) is 0.455. The molecule has 2 N–H and O–H groups in total. The second-order valence-electron chi connectivity index (χ2n) is 3.32. The summed E-state index contributed by atoms with van der Waals surface area (Å²) in [6.45, 7) is 2.58. The first-order valence-corrected chi connectivity index (χ1v) is 4.82. The van der Waals surface area contributed by atoms with Crippen LogP contribution >= 0.6 is 0 Å². The fourth-order valence-corrected chi connectivity index (χ4v) is 1.15. The summed E-state index contributed by atoms with van der Waals surface area (Å²) in [6, 6.07) is 4.57. The molecular formula is C11H16FNO2. The minimum atomic E-state index is -0.388. The van der Waals surface area contributed by atoms with Gasteiger partial charge >= 0.3 is 0 Å². The number of halogens is 1. The molecule has 0 aliphatic heterocycles. The lowest BCUT2D eigenvalue weighted by Crippen LogP contribution is -2.08. The van der Waals surface area contributed by atoms with Crippen molar-refractivity contribution in [3.05, 3.63) is 29.6 Å². The van der Waals surface area contributed by atoms with Crippen LogP contribution in [0, 0.1) is 5.82 Å². The van der Waals surface area contributed by atoms with Gasteiger partial charge in [0.05, 0.1) is 6.61 Å². The largest absolute Gasteiger partial charge is 0.488 e. The monoisotopic (exact) mass is 213 g/mol. The van der Waals surface area contributed by atoms with Gasteiger partial charge in [-0.15, -0.1) is 0 Å². The Bertz CT molecular complexity index is 315. The van der Waals surface area contributed by atoms with Gasteiger partial charge in [0.15, 0.2) is 11.6 Å². The van der Waals surface area contributed by atoms with Crippen LogP contribution in [0.4, 0.5) is 4.39 Å². The zero-order valence-corrected chi connectivity index (χ0v) is 9.00. The van der Waals surface area contributed by atoms with Crippen molar-refractivity contribution in [1.82, 2.24) is 0 Å². The molecule has 3 nitrogen and oxygen atoms in total. The lowest BCUT2D eigenvalue weighted by molar-refractivity contribution is 0.144. The molecule has 0 aliphatic rings. The number of rotatable bonds is 5. The van der Waals surface area contributed by atoms with Gasteiger partial charge in [0.2, 0.25) is 0 Å². The Morgan fingerprint density at radius 1 is 1.40 bits per heavy atom. The molecule has 1 aromatic carbocycles. The van der Waals surface area contributed by atoms with Gasteiger partial charge in [-0.1, -0.05) is 6.07 Å². The Kier molecular flexibility index (Phi) is 4.52. The molecule has 84 valence electrons. The van der Waals surface area contributed by atoms with Gasteiger partial charge in [-0.2, -0.15) is 0 Å². The van der Waals surface area contributed by atoms with Crippen molar-refractivity contribution in [2.24, 2.45) is 5.73 Å². The third kappa shape index (κ3) is 3.49. The van der Waals surface area contributed by atoms with E-state index in [9.17, 15) is 4.39 Å². The summed E-state index contributed by atoms with van der Waals surface area (Å²) in [4.78, 5) is 0. The standard InChI is InChI=1S/C11H16FNO2/c1-8(13)9-3-4-11(10(12)7-9)15-6-5-14-2/h3-4,7-8H,5-6,13H2,1-2H3/t8-/m0/s1. The molecule has 0 saturated carbocycles. The van der Waals surface area contributed by atoms with E-state index in [1.807, 2.05) is 0 Å². The minimum Gasteiger partial charge on any atom is -0.488 e. The van der Waals surface area contributed by atoms with Crippen molar-refractivity contribution in [3.63, 3.8) is 0 Å². The highest BCUT2D eigenvalue weighted by molar-refractivity contribution is 5.30. The zero-order chi connectivity index (χ0) is 11.3. The van der Waals surface area contributed by atoms with E-state index >= 15 is 0 Å². The van der Waals surface area contributed by atoms with Gasteiger partial charge < -0.3 is 15.2 Å². The predicted molar refractivity (Wildman–Crippen MR) is 56.4 cm³/mol. The van der Waals surface area contributed by atoms with Crippen molar-refractivity contribution in [2.75, 3.05) is 20.3 Å². The maximum absolute atomic E-state index is 13.4. The number of benzene rings is 1. The summed E-state index contributed by atoms with van der Waals surface area (Å²) in [6.07, 6.45) is 0. The first kappa shape index (κ1) is 11.9. The Balaban J connectivity index is 2.66. The van der Waals surface area contributed by atoms with Crippen molar-refractivity contribution in [3.8, 4) is 5.75 Å². The molecular weight excluding hydrogens is 197 g/mol. The topological polar surface area (TPSA) is 44.5 Å². The molecule has 0 bridgehead atoms. The Hall–Kier alpha value is -1.13. The zero-order valence-electron chi connectivity index (χ0n) is 9.00. The number of hydrogen-bond donors (Lipinski definition) is 1. The van der Waals surface area contributed by atoms with Crippen LogP contribution in [0.25, 0.3) is 0 Å². The lowest BCUT2D eigenvalue weighted by Gasteiger charge is -2.09. The van der Waals surface area contributed by atoms with Gasteiger partial charge in [0.1, 0.15) is 6.61 Å². The lowest BCUT2D eigenvalue weighted by atomic mass is 10.1. The third-order valence-corrected chi connectivity index (χ3v) is 2.03. The van der Waals surface area contributed by atoms with Crippen LogP contribution < -0.4 is 10.5 Å². The smallest absolute Gasteiger partial charge is 0.165 e. The van der Waals surface area contributed by atoms with Gasteiger partial charge in [-0.25, -0.2) is 4.39 Å². The first-order chi connectivity index (χ1) is 7.15. The van der Waals surface area contributed by atoms with E-state index in [0.717, 1.165) is 5.56 Å². The Labute approximate surface area is 89.0 Å². The summed E-state index contributed by atoms with van der Waals surface area (Å²) in [5.41, 5.74) is 6.38. The van der Waals surface area contributed by atoms with E-state index in [2.05, 4.69) is 0 Å². The summed E-state index contributed by atoms with van der Waals surface area (Å²) < 4.78 is 23.4. The van der Waals surface area contributed by atoms with E-state index < -0.39 is 0 Å². The quantitative estimate of drug-likeness (QED) is 0.759. The number of ether oxygens (including phenoxy) is 2. The van der Waals surface area contributed by atoms with Gasteiger partial charge in [0, 0.05) is 13.2 Å². The van der Waals surface area contributed by atoms with E-state index in [0.29, 0.717) is 13.2 Å². The van der Waals surface area contributed by atoms with Crippen LogP contribution in [-0.4, -0.2) is 20.3 Å². The van der Waals surface area contributed by atoms with Crippen molar-refractivity contribution >= 4 is 0 Å². The summed E-state index contributed by atoms with van der Waals surface area (Å²) in [5, 5.41) is 0. The molecule has 0 saturated heterocycles. The SMILES string of the molecule is COCCOc1ccc([C@H](C)N)cc1F. The van der Waals surface area contributed by atoms with Crippen LogP contribution in [0.1, 0.15) is 18.5 Å². The second kappa shape index (κ2) is 5.68. The molecule has 4 heteroatoms. The highest BCUT2D eigenvalue weighted by Crippen LogP contribution is 2.20.